The van der Waals surface area contributed by atoms with Gasteiger partial charge in [-0.05, 0) is 40.2 Å². The van der Waals surface area contributed by atoms with E-state index in [9.17, 15) is 14.9 Å². The molecule has 2 aromatic rings. The summed E-state index contributed by atoms with van der Waals surface area (Å²) in [7, 11) is 0. The van der Waals surface area contributed by atoms with Crippen LogP contribution in [0.25, 0.3) is 0 Å². The molecule has 0 atom stereocenters. The summed E-state index contributed by atoms with van der Waals surface area (Å²) in [5.74, 6) is 0.728. The zero-order valence-corrected chi connectivity index (χ0v) is 13.3. The zero-order valence-electron chi connectivity index (χ0n) is 11.7. The monoisotopic (exact) mass is 378 g/mol. The van der Waals surface area contributed by atoms with E-state index in [2.05, 4.69) is 21.2 Å². The van der Waals surface area contributed by atoms with E-state index in [1.54, 1.807) is 12.1 Å². The molecule has 118 valence electrons. The number of ether oxygens (including phenoxy) is 2. The molecule has 0 aliphatic carbocycles. The van der Waals surface area contributed by atoms with E-state index in [-0.39, 0.29) is 11.6 Å². The molecule has 8 heteroatoms. The Labute approximate surface area is 139 Å². The number of non-ortho nitro benzene ring substituents is 1. The van der Waals surface area contributed by atoms with Crippen LogP contribution in [-0.2, 0) is 0 Å². The Kier molecular flexibility index (Phi) is 4.16. The minimum absolute atomic E-state index is 0.0384. The Bertz CT molecular complexity index is 776. The van der Waals surface area contributed by atoms with E-state index in [4.69, 9.17) is 9.47 Å². The molecule has 0 fully saturated rings. The van der Waals surface area contributed by atoms with Crippen LogP contribution in [0.3, 0.4) is 0 Å². The SMILES string of the molecule is O=C(Nc1ccc([N+](=O)[O-])cc1)c1cc2c(cc1Br)OCCO2. The molecule has 1 aliphatic heterocycles. The van der Waals surface area contributed by atoms with E-state index < -0.39 is 4.92 Å². The fourth-order valence-electron chi connectivity index (χ4n) is 2.10. The van der Waals surface area contributed by atoms with Crippen molar-refractivity contribution in [2.75, 3.05) is 18.5 Å². The van der Waals surface area contributed by atoms with Crippen LogP contribution in [0.4, 0.5) is 11.4 Å². The van der Waals surface area contributed by atoms with Crippen molar-refractivity contribution in [3.05, 3.63) is 56.5 Å². The van der Waals surface area contributed by atoms with Gasteiger partial charge in [0.2, 0.25) is 0 Å². The molecule has 3 rings (SSSR count). The van der Waals surface area contributed by atoms with Crippen LogP contribution in [0.15, 0.2) is 40.9 Å². The number of fused-ring (bicyclic) bond motifs is 1. The van der Waals surface area contributed by atoms with E-state index in [1.807, 2.05) is 0 Å². The highest BCUT2D eigenvalue weighted by Crippen LogP contribution is 2.35. The third-order valence-electron chi connectivity index (χ3n) is 3.21. The van der Waals surface area contributed by atoms with Gasteiger partial charge in [0.15, 0.2) is 11.5 Å². The van der Waals surface area contributed by atoms with Gasteiger partial charge in [-0.2, -0.15) is 0 Å². The summed E-state index contributed by atoms with van der Waals surface area (Å²) in [6.07, 6.45) is 0. The summed E-state index contributed by atoms with van der Waals surface area (Å²) in [4.78, 5) is 22.5. The van der Waals surface area contributed by atoms with E-state index in [0.29, 0.717) is 40.4 Å². The first-order chi connectivity index (χ1) is 11.0. The molecular weight excluding hydrogens is 368 g/mol. The van der Waals surface area contributed by atoms with Gasteiger partial charge in [-0.1, -0.05) is 0 Å². The molecule has 23 heavy (non-hydrogen) atoms. The third-order valence-corrected chi connectivity index (χ3v) is 3.87. The highest BCUT2D eigenvalue weighted by molar-refractivity contribution is 9.10. The fraction of sp³-hybridized carbons (Fsp3) is 0.133. The summed E-state index contributed by atoms with van der Waals surface area (Å²) in [5, 5.41) is 13.3. The second-order valence-electron chi connectivity index (χ2n) is 4.73. The van der Waals surface area contributed by atoms with Crippen molar-refractivity contribution in [2.24, 2.45) is 0 Å². The van der Waals surface area contributed by atoms with Crippen molar-refractivity contribution >= 4 is 33.2 Å². The van der Waals surface area contributed by atoms with Gasteiger partial charge in [0.1, 0.15) is 13.2 Å². The minimum Gasteiger partial charge on any atom is -0.486 e. The van der Waals surface area contributed by atoms with Crippen LogP contribution in [-0.4, -0.2) is 24.0 Å². The number of nitrogens with one attached hydrogen (secondary N) is 1. The second kappa shape index (κ2) is 6.25. The van der Waals surface area contributed by atoms with Gasteiger partial charge in [-0.25, -0.2) is 0 Å². The number of halogens is 1. The van der Waals surface area contributed by atoms with Crippen LogP contribution < -0.4 is 14.8 Å². The fourth-order valence-corrected chi connectivity index (χ4v) is 2.61. The van der Waals surface area contributed by atoms with Crippen LogP contribution in [0, 0.1) is 10.1 Å². The number of nitro groups is 1. The minimum atomic E-state index is -0.497. The zero-order chi connectivity index (χ0) is 16.4. The van der Waals surface area contributed by atoms with Gasteiger partial charge < -0.3 is 14.8 Å². The number of hydrogen-bond donors (Lipinski definition) is 1. The van der Waals surface area contributed by atoms with Crippen molar-refractivity contribution in [1.82, 2.24) is 0 Å². The summed E-state index contributed by atoms with van der Waals surface area (Å²) in [6, 6.07) is 8.88. The number of carbonyl (C=O) groups is 1. The largest absolute Gasteiger partial charge is 0.486 e. The number of hydrogen-bond acceptors (Lipinski definition) is 5. The molecule has 0 saturated carbocycles. The summed E-state index contributed by atoms with van der Waals surface area (Å²) in [6.45, 7) is 0.895. The van der Waals surface area contributed by atoms with Crippen molar-refractivity contribution in [1.29, 1.82) is 0 Å². The number of amides is 1. The first-order valence-electron chi connectivity index (χ1n) is 6.69. The summed E-state index contributed by atoms with van der Waals surface area (Å²) >= 11 is 3.33. The van der Waals surface area contributed by atoms with E-state index in [0.717, 1.165) is 0 Å². The number of nitro benzene ring substituents is 1. The number of rotatable bonds is 3. The molecule has 0 radical (unpaired) electrons. The van der Waals surface area contributed by atoms with Gasteiger partial charge in [0, 0.05) is 22.3 Å². The maximum absolute atomic E-state index is 12.4. The van der Waals surface area contributed by atoms with Gasteiger partial charge in [-0.15, -0.1) is 0 Å². The highest BCUT2D eigenvalue weighted by atomic mass is 79.9. The van der Waals surface area contributed by atoms with Crippen LogP contribution in [0.2, 0.25) is 0 Å². The lowest BCUT2D eigenvalue weighted by Crippen LogP contribution is -2.17. The Morgan fingerprint density at radius 3 is 2.35 bits per heavy atom. The van der Waals surface area contributed by atoms with Crippen molar-refractivity contribution in [3.63, 3.8) is 0 Å². The Morgan fingerprint density at radius 2 is 1.74 bits per heavy atom. The summed E-state index contributed by atoms with van der Waals surface area (Å²) < 4.78 is 11.5. The maximum Gasteiger partial charge on any atom is 0.269 e. The van der Waals surface area contributed by atoms with Gasteiger partial charge in [0.05, 0.1) is 10.5 Å². The van der Waals surface area contributed by atoms with Crippen LogP contribution >= 0.6 is 15.9 Å². The van der Waals surface area contributed by atoms with Crippen molar-refractivity contribution in [3.8, 4) is 11.5 Å². The predicted molar refractivity (Wildman–Crippen MR) is 86.2 cm³/mol. The van der Waals surface area contributed by atoms with Crippen LogP contribution in [0.1, 0.15) is 10.4 Å². The maximum atomic E-state index is 12.4. The average molecular weight is 379 g/mol. The molecule has 1 aliphatic rings. The van der Waals surface area contributed by atoms with Crippen molar-refractivity contribution in [2.45, 2.75) is 0 Å². The van der Waals surface area contributed by atoms with E-state index in [1.165, 1.54) is 24.3 Å². The first kappa shape index (κ1) is 15.3. The second-order valence-corrected chi connectivity index (χ2v) is 5.59. The Morgan fingerprint density at radius 1 is 1.13 bits per heavy atom. The molecule has 1 amide bonds. The normalized spacial score (nSPS) is 12.6. The third kappa shape index (κ3) is 3.26. The molecule has 1 N–H and O–H groups in total. The molecular formula is C15H11BrN2O5. The molecule has 0 bridgehead atoms. The highest BCUT2D eigenvalue weighted by Gasteiger charge is 2.19. The molecule has 2 aromatic carbocycles. The molecule has 0 spiro atoms. The number of carbonyl (C=O) groups excluding carboxylic acids is 1. The predicted octanol–water partition coefficient (Wildman–Crippen LogP) is 3.38. The lowest BCUT2D eigenvalue weighted by molar-refractivity contribution is -0.384. The first-order valence-corrected chi connectivity index (χ1v) is 7.49. The number of anilines is 1. The molecule has 0 aromatic heterocycles. The lowest BCUT2D eigenvalue weighted by atomic mass is 10.1. The van der Waals surface area contributed by atoms with Crippen LogP contribution in [0.5, 0.6) is 11.5 Å². The van der Waals surface area contributed by atoms with Gasteiger partial charge >= 0.3 is 0 Å². The average Bonchev–Trinajstić information content (AvgIpc) is 2.54. The Balaban J connectivity index is 1.81. The van der Waals surface area contributed by atoms with Gasteiger partial charge in [0.25, 0.3) is 11.6 Å². The smallest absolute Gasteiger partial charge is 0.269 e. The number of nitrogens with zero attached hydrogens (tertiary/aromatic N) is 1. The van der Waals surface area contributed by atoms with Gasteiger partial charge in [-0.3, -0.25) is 14.9 Å². The lowest BCUT2D eigenvalue weighted by Gasteiger charge is -2.19. The molecule has 7 nitrogen and oxygen atoms in total. The quantitative estimate of drug-likeness (QED) is 0.652. The summed E-state index contributed by atoms with van der Waals surface area (Å²) in [5.41, 5.74) is 0.804. The number of benzene rings is 2. The standard InChI is InChI=1S/C15H11BrN2O5/c16-12-8-14-13(22-5-6-23-14)7-11(12)15(19)17-9-1-3-10(4-2-9)18(20)21/h1-4,7-8H,5-6H2,(H,17,19). The van der Waals surface area contributed by atoms with Crippen molar-refractivity contribution < 1.29 is 19.2 Å². The Hall–Kier alpha value is -2.61. The molecule has 0 saturated heterocycles. The molecule has 1 heterocycles. The topological polar surface area (TPSA) is 90.7 Å². The molecule has 0 unspecified atom stereocenters. The van der Waals surface area contributed by atoms with E-state index >= 15 is 0 Å².